The number of carbonyl (C=O) groups is 2. The summed E-state index contributed by atoms with van der Waals surface area (Å²) in [6.07, 6.45) is 2.78. The maximum atomic E-state index is 12.3. The van der Waals surface area contributed by atoms with Gasteiger partial charge in [0.15, 0.2) is 5.78 Å². The Balaban J connectivity index is 2.01. The van der Waals surface area contributed by atoms with E-state index < -0.39 is 0 Å². The predicted octanol–water partition coefficient (Wildman–Crippen LogP) is 1.64. The first-order chi connectivity index (χ1) is 9.65. The van der Waals surface area contributed by atoms with Gasteiger partial charge >= 0.3 is 0 Å². The summed E-state index contributed by atoms with van der Waals surface area (Å²) in [7, 11) is 1.64. The zero-order chi connectivity index (χ0) is 14.5. The Kier molecular flexibility index (Phi) is 4.90. The standard InChI is InChI=1S/C16H22N2O2/c1-3-12-6-8-13(9-7-12)15(19)11-18-10-4-5-14(18)16(20)17-2/h6-9,14H,3-5,10-11H2,1-2H3,(H,17,20). The van der Waals surface area contributed by atoms with Crippen LogP contribution in [0.1, 0.15) is 35.7 Å². The molecule has 1 aromatic carbocycles. The molecule has 0 aliphatic carbocycles. The number of carbonyl (C=O) groups excluding carboxylic acids is 2. The first kappa shape index (κ1) is 14.7. The molecule has 1 amide bonds. The number of Topliss-reactive ketones (excluding diaryl/α,β-unsaturated/α-hetero) is 1. The van der Waals surface area contributed by atoms with Crippen molar-refractivity contribution in [2.45, 2.75) is 32.2 Å². The van der Waals surface area contributed by atoms with Gasteiger partial charge in [-0.25, -0.2) is 0 Å². The summed E-state index contributed by atoms with van der Waals surface area (Å²) in [6.45, 7) is 3.23. The molecule has 0 spiro atoms. The van der Waals surface area contributed by atoms with E-state index in [1.54, 1.807) is 7.05 Å². The summed E-state index contributed by atoms with van der Waals surface area (Å²) in [5, 5.41) is 2.67. The Morgan fingerprint density at radius 2 is 2.00 bits per heavy atom. The molecular weight excluding hydrogens is 252 g/mol. The van der Waals surface area contributed by atoms with Gasteiger partial charge in [0.05, 0.1) is 12.6 Å². The highest BCUT2D eigenvalue weighted by atomic mass is 16.2. The highest BCUT2D eigenvalue weighted by Gasteiger charge is 2.31. The Morgan fingerprint density at radius 3 is 2.60 bits per heavy atom. The van der Waals surface area contributed by atoms with Crippen LogP contribution in [-0.2, 0) is 11.2 Å². The second kappa shape index (κ2) is 6.66. The lowest BCUT2D eigenvalue weighted by atomic mass is 10.1. The minimum absolute atomic E-state index is 0.0108. The fourth-order valence-electron chi connectivity index (χ4n) is 2.68. The molecule has 4 nitrogen and oxygen atoms in total. The number of nitrogens with one attached hydrogen (secondary N) is 1. The average Bonchev–Trinajstić information content (AvgIpc) is 2.94. The Labute approximate surface area is 120 Å². The van der Waals surface area contributed by atoms with Crippen molar-refractivity contribution in [3.8, 4) is 0 Å². The number of benzene rings is 1. The molecule has 4 heteroatoms. The van der Waals surface area contributed by atoms with E-state index >= 15 is 0 Å². The molecule has 2 rings (SSSR count). The summed E-state index contributed by atoms with van der Waals surface area (Å²) in [4.78, 5) is 26.0. The predicted molar refractivity (Wildman–Crippen MR) is 78.8 cm³/mol. The molecule has 108 valence electrons. The zero-order valence-corrected chi connectivity index (χ0v) is 12.2. The third kappa shape index (κ3) is 3.25. The highest BCUT2D eigenvalue weighted by Crippen LogP contribution is 2.18. The van der Waals surface area contributed by atoms with Crippen LogP contribution in [-0.4, -0.2) is 42.8 Å². The first-order valence-corrected chi connectivity index (χ1v) is 7.23. The largest absolute Gasteiger partial charge is 0.358 e. The molecule has 1 unspecified atom stereocenters. The summed E-state index contributed by atoms with van der Waals surface area (Å²) < 4.78 is 0. The molecule has 1 heterocycles. The maximum Gasteiger partial charge on any atom is 0.237 e. The second-order valence-electron chi connectivity index (χ2n) is 5.22. The molecule has 1 saturated heterocycles. The smallest absolute Gasteiger partial charge is 0.237 e. The lowest BCUT2D eigenvalue weighted by Crippen LogP contribution is -2.44. The maximum absolute atomic E-state index is 12.3. The number of nitrogens with zero attached hydrogens (tertiary/aromatic N) is 1. The number of hydrogen-bond donors (Lipinski definition) is 1. The number of amides is 1. The van der Waals surface area contributed by atoms with Crippen LogP contribution in [0.5, 0.6) is 0 Å². The van der Waals surface area contributed by atoms with E-state index in [0.717, 1.165) is 31.4 Å². The normalized spacial score (nSPS) is 19.0. The lowest BCUT2D eigenvalue weighted by Gasteiger charge is -2.22. The number of likely N-dealkylation sites (tertiary alicyclic amines) is 1. The van der Waals surface area contributed by atoms with E-state index in [-0.39, 0.29) is 17.7 Å². The first-order valence-electron chi connectivity index (χ1n) is 7.23. The topological polar surface area (TPSA) is 49.4 Å². The van der Waals surface area contributed by atoms with Crippen molar-refractivity contribution < 1.29 is 9.59 Å². The molecule has 1 fully saturated rings. The fraction of sp³-hybridized carbons (Fsp3) is 0.500. The zero-order valence-electron chi connectivity index (χ0n) is 12.2. The quantitative estimate of drug-likeness (QED) is 0.830. The van der Waals surface area contributed by atoms with E-state index in [9.17, 15) is 9.59 Å². The summed E-state index contributed by atoms with van der Waals surface area (Å²) >= 11 is 0. The van der Waals surface area contributed by atoms with Gasteiger partial charge in [-0.15, -0.1) is 0 Å². The van der Waals surface area contributed by atoms with Gasteiger partial charge in [-0.2, -0.15) is 0 Å². The van der Waals surface area contributed by atoms with Gasteiger partial charge in [-0.3, -0.25) is 14.5 Å². The van der Waals surface area contributed by atoms with Crippen LogP contribution in [0.3, 0.4) is 0 Å². The van der Waals surface area contributed by atoms with Gasteiger partial charge < -0.3 is 5.32 Å². The molecular formula is C16H22N2O2. The van der Waals surface area contributed by atoms with E-state index in [4.69, 9.17) is 0 Å². The summed E-state index contributed by atoms with van der Waals surface area (Å²) in [5.41, 5.74) is 1.95. The SMILES string of the molecule is CCc1ccc(C(=O)CN2CCCC2C(=O)NC)cc1. The van der Waals surface area contributed by atoms with Crippen LogP contribution in [0.25, 0.3) is 0 Å². The van der Waals surface area contributed by atoms with Crippen molar-refractivity contribution in [2.75, 3.05) is 20.1 Å². The van der Waals surface area contributed by atoms with E-state index in [2.05, 4.69) is 12.2 Å². The molecule has 1 aliphatic rings. The van der Waals surface area contributed by atoms with Crippen LogP contribution < -0.4 is 5.32 Å². The van der Waals surface area contributed by atoms with Gasteiger partial charge in [-0.1, -0.05) is 31.2 Å². The lowest BCUT2D eigenvalue weighted by molar-refractivity contribution is -0.124. The molecule has 1 aliphatic heterocycles. The third-order valence-electron chi connectivity index (χ3n) is 3.94. The number of rotatable bonds is 5. The Hall–Kier alpha value is -1.68. The van der Waals surface area contributed by atoms with Gasteiger partial charge in [0.25, 0.3) is 0 Å². The van der Waals surface area contributed by atoms with Crippen LogP contribution in [0.15, 0.2) is 24.3 Å². The highest BCUT2D eigenvalue weighted by molar-refractivity contribution is 5.98. The van der Waals surface area contributed by atoms with Crippen LogP contribution in [0.2, 0.25) is 0 Å². The van der Waals surface area contributed by atoms with Crippen molar-refractivity contribution in [1.29, 1.82) is 0 Å². The molecule has 1 atom stereocenters. The van der Waals surface area contributed by atoms with Crippen LogP contribution in [0, 0.1) is 0 Å². The van der Waals surface area contributed by atoms with Crippen LogP contribution in [0.4, 0.5) is 0 Å². The number of likely N-dealkylation sites (N-methyl/N-ethyl adjacent to an activating group) is 1. The average molecular weight is 274 g/mol. The van der Waals surface area contributed by atoms with Crippen LogP contribution >= 0.6 is 0 Å². The van der Waals surface area contributed by atoms with Gasteiger partial charge in [0, 0.05) is 12.6 Å². The number of ketones is 1. The van der Waals surface area contributed by atoms with Crippen molar-refractivity contribution in [2.24, 2.45) is 0 Å². The van der Waals surface area contributed by atoms with Gasteiger partial charge in [0.1, 0.15) is 0 Å². The van der Waals surface area contributed by atoms with Crippen molar-refractivity contribution in [3.63, 3.8) is 0 Å². The number of hydrogen-bond acceptors (Lipinski definition) is 3. The summed E-state index contributed by atoms with van der Waals surface area (Å²) in [6, 6.07) is 7.60. The van der Waals surface area contributed by atoms with Gasteiger partial charge in [-0.05, 0) is 31.4 Å². The van der Waals surface area contributed by atoms with Crippen molar-refractivity contribution >= 4 is 11.7 Å². The molecule has 1 N–H and O–H groups in total. The molecule has 0 aromatic heterocycles. The molecule has 0 bridgehead atoms. The molecule has 1 aromatic rings. The minimum Gasteiger partial charge on any atom is -0.358 e. The van der Waals surface area contributed by atoms with E-state index in [1.807, 2.05) is 29.2 Å². The molecule has 0 saturated carbocycles. The molecule has 0 radical (unpaired) electrons. The number of aryl methyl sites for hydroxylation is 1. The Bertz CT molecular complexity index is 482. The van der Waals surface area contributed by atoms with E-state index in [1.165, 1.54) is 5.56 Å². The monoisotopic (exact) mass is 274 g/mol. The Morgan fingerprint density at radius 1 is 1.30 bits per heavy atom. The molecule has 20 heavy (non-hydrogen) atoms. The third-order valence-corrected chi connectivity index (χ3v) is 3.94. The van der Waals surface area contributed by atoms with Crippen molar-refractivity contribution in [3.05, 3.63) is 35.4 Å². The fourth-order valence-corrected chi connectivity index (χ4v) is 2.68. The summed E-state index contributed by atoms with van der Waals surface area (Å²) in [5.74, 6) is 0.0973. The minimum atomic E-state index is -0.154. The van der Waals surface area contributed by atoms with Gasteiger partial charge in [0.2, 0.25) is 5.91 Å². The van der Waals surface area contributed by atoms with Crippen molar-refractivity contribution in [1.82, 2.24) is 10.2 Å². The second-order valence-corrected chi connectivity index (χ2v) is 5.22. The van der Waals surface area contributed by atoms with E-state index in [0.29, 0.717) is 6.54 Å².